The summed E-state index contributed by atoms with van der Waals surface area (Å²) in [5.74, 6) is 0. The average Bonchev–Trinajstić information content (AvgIpc) is 2.68. The molecule has 0 aliphatic rings. The first-order valence-electron chi connectivity index (χ1n) is 6.23. The van der Waals surface area contributed by atoms with Gasteiger partial charge in [-0.2, -0.15) is 0 Å². The summed E-state index contributed by atoms with van der Waals surface area (Å²) >= 11 is 1.69. The molecule has 0 radical (unpaired) electrons. The Morgan fingerprint density at radius 1 is 1.11 bits per heavy atom. The van der Waals surface area contributed by atoms with Crippen LogP contribution in [0.5, 0.6) is 0 Å². The summed E-state index contributed by atoms with van der Waals surface area (Å²) < 4.78 is 0. The van der Waals surface area contributed by atoms with Gasteiger partial charge in [-0.25, -0.2) is 0 Å². The molecule has 96 valence electrons. The summed E-state index contributed by atoms with van der Waals surface area (Å²) in [5.41, 5.74) is 2.08. The number of aryl methyl sites for hydroxylation is 2. The maximum absolute atomic E-state index is 10.7. The van der Waals surface area contributed by atoms with Crippen LogP contribution in [0.4, 0.5) is 0 Å². The van der Waals surface area contributed by atoms with E-state index < -0.39 is 6.10 Å². The summed E-state index contributed by atoms with van der Waals surface area (Å²) in [7, 11) is 0. The second-order valence-corrected chi connectivity index (χ2v) is 6.68. The van der Waals surface area contributed by atoms with Crippen LogP contribution in [0.15, 0.2) is 36.4 Å². The number of thiophene rings is 1. The zero-order valence-corrected chi connectivity index (χ0v) is 12.2. The second-order valence-electron chi connectivity index (χ2n) is 5.39. The molecule has 1 unspecified atom stereocenters. The van der Waals surface area contributed by atoms with Crippen LogP contribution in [-0.2, 0) is 5.41 Å². The van der Waals surface area contributed by atoms with Crippen molar-refractivity contribution >= 4 is 11.3 Å². The predicted octanol–water partition coefficient (Wildman–Crippen LogP) is 4.38. The Labute approximate surface area is 113 Å². The predicted molar refractivity (Wildman–Crippen MR) is 78.2 cm³/mol. The third-order valence-corrected chi connectivity index (χ3v) is 4.73. The van der Waals surface area contributed by atoms with Gasteiger partial charge in [0.2, 0.25) is 0 Å². The summed E-state index contributed by atoms with van der Waals surface area (Å²) in [6, 6.07) is 12.4. The van der Waals surface area contributed by atoms with Gasteiger partial charge in [-0.3, -0.25) is 0 Å². The summed E-state index contributed by atoms with van der Waals surface area (Å²) in [5, 5.41) is 10.7. The molecule has 1 heterocycles. The van der Waals surface area contributed by atoms with E-state index in [-0.39, 0.29) is 5.41 Å². The lowest BCUT2D eigenvalue weighted by atomic mass is 9.78. The van der Waals surface area contributed by atoms with Gasteiger partial charge in [-0.05, 0) is 31.0 Å². The maximum atomic E-state index is 10.7. The molecule has 0 amide bonds. The van der Waals surface area contributed by atoms with Crippen LogP contribution in [0.2, 0.25) is 0 Å². The van der Waals surface area contributed by atoms with Crippen LogP contribution < -0.4 is 0 Å². The van der Waals surface area contributed by atoms with Crippen molar-refractivity contribution in [2.24, 2.45) is 0 Å². The minimum atomic E-state index is -0.460. The topological polar surface area (TPSA) is 20.2 Å². The highest BCUT2D eigenvalue weighted by Gasteiger charge is 2.32. The highest BCUT2D eigenvalue weighted by atomic mass is 32.1. The number of aliphatic hydroxyl groups is 1. The fourth-order valence-electron chi connectivity index (χ4n) is 2.28. The minimum absolute atomic E-state index is 0.274. The third-order valence-electron chi connectivity index (χ3n) is 3.53. The van der Waals surface area contributed by atoms with Gasteiger partial charge in [0.15, 0.2) is 0 Å². The smallest absolute Gasteiger partial charge is 0.0975 e. The maximum Gasteiger partial charge on any atom is 0.0975 e. The highest BCUT2D eigenvalue weighted by molar-refractivity contribution is 7.12. The Morgan fingerprint density at radius 3 is 2.22 bits per heavy atom. The average molecular weight is 260 g/mol. The van der Waals surface area contributed by atoms with Crippen LogP contribution in [0.3, 0.4) is 0 Å². The zero-order chi connectivity index (χ0) is 13.3. The lowest BCUT2D eigenvalue weighted by Crippen LogP contribution is -2.26. The van der Waals surface area contributed by atoms with E-state index in [9.17, 15) is 5.11 Å². The molecule has 0 spiro atoms. The fraction of sp³-hybridized carbons (Fsp3) is 0.375. The van der Waals surface area contributed by atoms with E-state index in [1.54, 1.807) is 11.3 Å². The number of hydrogen-bond acceptors (Lipinski definition) is 2. The van der Waals surface area contributed by atoms with E-state index in [4.69, 9.17) is 0 Å². The van der Waals surface area contributed by atoms with Gasteiger partial charge >= 0.3 is 0 Å². The van der Waals surface area contributed by atoms with Crippen molar-refractivity contribution in [1.82, 2.24) is 0 Å². The Hall–Kier alpha value is -1.12. The molecule has 0 aliphatic heterocycles. The van der Waals surface area contributed by atoms with Gasteiger partial charge in [0.05, 0.1) is 6.10 Å². The van der Waals surface area contributed by atoms with Crippen molar-refractivity contribution in [2.45, 2.75) is 39.2 Å². The molecule has 18 heavy (non-hydrogen) atoms. The number of rotatable bonds is 3. The van der Waals surface area contributed by atoms with E-state index in [2.05, 4.69) is 45.9 Å². The summed E-state index contributed by atoms with van der Waals surface area (Å²) in [6.07, 6.45) is -0.460. The Balaban J connectivity index is 2.39. The number of hydrogen-bond donors (Lipinski definition) is 1. The van der Waals surface area contributed by atoms with E-state index in [1.807, 2.05) is 18.2 Å². The van der Waals surface area contributed by atoms with Gasteiger partial charge in [-0.1, -0.05) is 44.2 Å². The van der Waals surface area contributed by atoms with Crippen LogP contribution in [-0.4, -0.2) is 5.11 Å². The minimum Gasteiger partial charge on any atom is -0.387 e. The van der Waals surface area contributed by atoms with Crippen molar-refractivity contribution in [2.75, 3.05) is 0 Å². The van der Waals surface area contributed by atoms with Crippen molar-refractivity contribution in [1.29, 1.82) is 0 Å². The molecule has 1 aromatic heterocycles. The monoisotopic (exact) mass is 260 g/mol. The van der Waals surface area contributed by atoms with Crippen LogP contribution in [0, 0.1) is 13.8 Å². The first-order valence-corrected chi connectivity index (χ1v) is 7.05. The van der Waals surface area contributed by atoms with Gasteiger partial charge in [-0.15, -0.1) is 11.3 Å². The Morgan fingerprint density at radius 2 is 1.72 bits per heavy atom. The van der Waals surface area contributed by atoms with Crippen molar-refractivity contribution in [3.8, 4) is 0 Å². The van der Waals surface area contributed by atoms with Crippen LogP contribution >= 0.6 is 11.3 Å². The molecule has 1 aromatic carbocycles. The fourth-order valence-corrected chi connectivity index (χ4v) is 3.49. The quantitative estimate of drug-likeness (QED) is 0.868. The SMILES string of the molecule is Cc1cc(C)c(C(O)C(C)(C)c2ccccc2)s1. The van der Waals surface area contributed by atoms with Crippen LogP contribution in [0.1, 0.15) is 40.8 Å². The first-order chi connectivity index (χ1) is 8.43. The second kappa shape index (κ2) is 4.87. The normalized spacial score (nSPS) is 13.6. The largest absolute Gasteiger partial charge is 0.387 e. The Kier molecular flexibility index (Phi) is 3.60. The van der Waals surface area contributed by atoms with Gasteiger partial charge < -0.3 is 5.11 Å². The molecular weight excluding hydrogens is 240 g/mol. The van der Waals surface area contributed by atoms with Crippen molar-refractivity contribution in [3.63, 3.8) is 0 Å². The molecule has 0 saturated heterocycles. The molecule has 2 rings (SSSR count). The standard InChI is InChI=1S/C16H20OS/c1-11-10-12(2)18-14(11)15(17)16(3,4)13-8-6-5-7-9-13/h5-10,15,17H,1-4H3. The van der Waals surface area contributed by atoms with E-state index in [0.29, 0.717) is 0 Å². The molecule has 2 aromatic rings. The molecule has 2 heteroatoms. The Bertz CT molecular complexity index is 525. The van der Waals surface area contributed by atoms with Gasteiger partial charge in [0, 0.05) is 15.2 Å². The van der Waals surface area contributed by atoms with E-state index >= 15 is 0 Å². The van der Waals surface area contributed by atoms with E-state index in [0.717, 1.165) is 4.88 Å². The van der Waals surface area contributed by atoms with Gasteiger partial charge in [0.1, 0.15) is 0 Å². The number of aliphatic hydroxyl groups excluding tert-OH is 1. The highest BCUT2D eigenvalue weighted by Crippen LogP contribution is 2.40. The lowest BCUT2D eigenvalue weighted by Gasteiger charge is -2.31. The molecule has 1 atom stereocenters. The van der Waals surface area contributed by atoms with Crippen molar-refractivity contribution in [3.05, 3.63) is 57.3 Å². The molecule has 1 N–H and O–H groups in total. The lowest BCUT2D eigenvalue weighted by molar-refractivity contribution is 0.103. The molecule has 0 fully saturated rings. The molecule has 0 bridgehead atoms. The molecule has 0 aliphatic carbocycles. The van der Waals surface area contributed by atoms with Crippen molar-refractivity contribution < 1.29 is 5.11 Å². The van der Waals surface area contributed by atoms with E-state index in [1.165, 1.54) is 16.0 Å². The third kappa shape index (κ3) is 2.36. The van der Waals surface area contributed by atoms with Crippen LogP contribution in [0.25, 0.3) is 0 Å². The zero-order valence-electron chi connectivity index (χ0n) is 11.4. The molecule has 0 saturated carbocycles. The molecule has 1 nitrogen and oxygen atoms in total. The van der Waals surface area contributed by atoms with Gasteiger partial charge in [0.25, 0.3) is 0 Å². The molecular formula is C16H20OS. The number of benzene rings is 1. The summed E-state index contributed by atoms with van der Waals surface area (Å²) in [4.78, 5) is 2.34. The summed E-state index contributed by atoms with van der Waals surface area (Å²) in [6.45, 7) is 8.36. The first kappa shape index (κ1) is 13.3.